The van der Waals surface area contributed by atoms with E-state index in [1.54, 1.807) is 23.9 Å². The number of ether oxygens (including phenoxy) is 1. The summed E-state index contributed by atoms with van der Waals surface area (Å²) < 4.78 is 29.9. The minimum atomic E-state index is -3.67. The number of thioether (sulfide) groups is 1. The van der Waals surface area contributed by atoms with Gasteiger partial charge in [-0.25, -0.2) is 18.5 Å². The number of fused-ring (bicyclic) bond motifs is 1. The molecular weight excluding hydrogens is 334 g/mol. The van der Waals surface area contributed by atoms with Crippen molar-refractivity contribution in [2.75, 3.05) is 12.4 Å². The molecule has 0 fully saturated rings. The molecule has 0 unspecified atom stereocenters. The Morgan fingerprint density at radius 3 is 2.70 bits per heavy atom. The molecular formula is C15H15N3O3S2. The van der Waals surface area contributed by atoms with Gasteiger partial charge in [0.1, 0.15) is 5.75 Å². The van der Waals surface area contributed by atoms with Crippen molar-refractivity contribution < 1.29 is 13.2 Å². The second-order valence-electron chi connectivity index (χ2n) is 4.75. The molecule has 2 N–H and O–H groups in total. The number of nitrogens with two attached hydrogens (primary N) is 1. The van der Waals surface area contributed by atoms with Crippen molar-refractivity contribution in [2.24, 2.45) is 5.14 Å². The van der Waals surface area contributed by atoms with Gasteiger partial charge >= 0.3 is 0 Å². The highest BCUT2D eigenvalue weighted by atomic mass is 32.2. The Balaban J connectivity index is 1.54. The van der Waals surface area contributed by atoms with Crippen molar-refractivity contribution in [2.45, 2.75) is 10.1 Å². The molecule has 8 heteroatoms. The van der Waals surface area contributed by atoms with Crippen LogP contribution in [0.25, 0.3) is 5.52 Å². The zero-order chi connectivity index (χ0) is 16.3. The first kappa shape index (κ1) is 15.9. The van der Waals surface area contributed by atoms with Crippen LogP contribution in [0.4, 0.5) is 0 Å². The van der Waals surface area contributed by atoms with E-state index < -0.39 is 10.0 Å². The summed E-state index contributed by atoms with van der Waals surface area (Å²) in [6.45, 7) is 0.487. The minimum Gasteiger partial charge on any atom is -0.493 e. The Bertz CT molecular complexity index is 905. The molecule has 0 saturated carbocycles. The molecule has 6 nitrogen and oxygen atoms in total. The maximum atomic E-state index is 11.2. The van der Waals surface area contributed by atoms with Gasteiger partial charge in [0.2, 0.25) is 10.0 Å². The van der Waals surface area contributed by atoms with E-state index in [2.05, 4.69) is 4.98 Å². The topological polar surface area (TPSA) is 86.7 Å². The van der Waals surface area contributed by atoms with Crippen molar-refractivity contribution in [1.82, 2.24) is 9.38 Å². The first-order valence-electron chi connectivity index (χ1n) is 6.84. The Morgan fingerprint density at radius 2 is 1.96 bits per heavy atom. The molecule has 0 aliphatic rings. The summed E-state index contributed by atoms with van der Waals surface area (Å²) in [5.41, 5.74) is 1.05. The number of nitrogens with zero attached hydrogens (tertiary/aromatic N) is 2. The number of imidazole rings is 1. The fourth-order valence-electron chi connectivity index (χ4n) is 2.04. The van der Waals surface area contributed by atoms with E-state index in [1.807, 2.05) is 35.0 Å². The third-order valence-electron chi connectivity index (χ3n) is 3.14. The van der Waals surface area contributed by atoms with Gasteiger partial charge in [0.15, 0.2) is 5.16 Å². The SMILES string of the molecule is NS(=O)(=O)c1ccc(OCCSc2ncc3ccccn23)cc1. The van der Waals surface area contributed by atoms with Crippen LogP contribution in [0, 0.1) is 0 Å². The van der Waals surface area contributed by atoms with Gasteiger partial charge in [0.25, 0.3) is 0 Å². The quantitative estimate of drug-likeness (QED) is 0.544. The van der Waals surface area contributed by atoms with Gasteiger partial charge < -0.3 is 4.74 Å². The molecule has 0 aliphatic heterocycles. The van der Waals surface area contributed by atoms with Crippen LogP contribution in [0.15, 0.2) is 64.9 Å². The molecule has 2 heterocycles. The molecule has 0 amide bonds. The van der Waals surface area contributed by atoms with Crippen LogP contribution >= 0.6 is 11.8 Å². The molecule has 3 rings (SSSR count). The monoisotopic (exact) mass is 349 g/mol. The number of hydrogen-bond donors (Lipinski definition) is 1. The summed E-state index contributed by atoms with van der Waals surface area (Å²) in [6.07, 6.45) is 3.80. The molecule has 0 atom stereocenters. The van der Waals surface area contributed by atoms with Crippen LogP contribution in [-0.2, 0) is 10.0 Å². The number of sulfonamides is 1. The average Bonchev–Trinajstić information content (AvgIpc) is 2.94. The maximum absolute atomic E-state index is 11.2. The molecule has 0 radical (unpaired) electrons. The van der Waals surface area contributed by atoms with Crippen LogP contribution in [0.1, 0.15) is 0 Å². The second-order valence-corrected chi connectivity index (χ2v) is 7.37. The van der Waals surface area contributed by atoms with Crippen LogP contribution in [0.2, 0.25) is 0 Å². The lowest BCUT2D eigenvalue weighted by molar-refractivity contribution is 0.343. The highest BCUT2D eigenvalue weighted by Gasteiger charge is 2.07. The number of primary sulfonamides is 1. The average molecular weight is 349 g/mol. The summed E-state index contributed by atoms with van der Waals surface area (Å²) in [5, 5.41) is 5.96. The Morgan fingerprint density at radius 1 is 1.17 bits per heavy atom. The van der Waals surface area contributed by atoms with E-state index >= 15 is 0 Å². The van der Waals surface area contributed by atoms with E-state index in [9.17, 15) is 8.42 Å². The van der Waals surface area contributed by atoms with Gasteiger partial charge in [-0.15, -0.1) is 0 Å². The molecule has 23 heavy (non-hydrogen) atoms. The van der Waals surface area contributed by atoms with E-state index in [4.69, 9.17) is 9.88 Å². The number of hydrogen-bond acceptors (Lipinski definition) is 5. The Hall–Kier alpha value is -2.03. The number of benzene rings is 1. The van der Waals surface area contributed by atoms with Crippen molar-refractivity contribution in [1.29, 1.82) is 0 Å². The maximum Gasteiger partial charge on any atom is 0.238 e. The molecule has 0 bridgehead atoms. The zero-order valence-corrected chi connectivity index (χ0v) is 13.8. The standard InChI is InChI=1S/C15H15N3O3S2/c16-23(19,20)14-6-4-13(5-7-14)21-9-10-22-15-17-11-12-3-1-2-8-18(12)15/h1-8,11H,9-10H2,(H2,16,19,20). The highest BCUT2D eigenvalue weighted by molar-refractivity contribution is 7.99. The van der Waals surface area contributed by atoms with Crippen LogP contribution < -0.4 is 9.88 Å². The number of pyridine rings is 1. The molecule has 0 spiro atoms. The van der Waals surface area contributed by atoms with Gasteiger partial charge in [0.05, 0.1) is 23.2 Å². The lowest BCUT2D eigenvalue weighted by Crippen LogP contribution is -2.11. The number of rotatable bonds is 6. The lowest BCUT2D eigenvalue weighted by Gasteiger charge is -2.06. The summed E-state index contributed by atoms with van der Waals surface area (Å²) in [4.78, 5) is 4.44. The van der Waals surface area contributed by atoms with Crippen LogP contribution in [0.3, 0.4) is 0 Å². The van der Waals surface area contributed by atoms with Gasteiger partial charge in [-0.1, -0.05) is 17.8 Å². The first-order chi connectivity index (χ1) is 11.0. The largest absolute Gasteiger partial charge is 0.493 e. The van der Waals surface area contributed by atoms with Crippen molar-refractivity contribution in [3.63, 3.8) is 0 Å². The fraction of sp³-hybridized carbons (Fsp3) is 0.133. The lowest BCUT2D eigenvalue weighted by atomic mass is 10.3. The van der Waals surface area contributed by atoms with Crippen molar-refractivity contribution >= 4 is 27.3 Å². The second kappa shape index (κ2) is 6.61. The molecule has 0 saturated heterocycles. The highest BCUT2D eigenvalue weighted by Crippen LogP contribution is 2.19. The van der Waals surface area contributed by atoms with Gasteiger partial charge in [0, 0.05) is 11.9 Å². The summed E-state index contributed by atoms with van der Waals surface area (Å²) in [5.74, 6) is 1.33. The first-order valence-corrected chi connectivity index (χ1v) is 9.38. The fourth-order valence-corrected chi connectivity index (χ4v) is 3.34. The van der Waals surface area contributed by atoms with Crippen LogP contribution in [0.5, 0.6) is 5.75 Å². The molecule has 2 aromatic heterocycles. The van der Waals surface area contributed by atoms with E-state index in [0.717, 1.165) is 16.4 Å². The molecule has 3 aromatic rings. The third-order valence-corrected chi connectivity index (χ3v) is 5.00. The van der Waals surface area contributed by atoms with E-state index in [-0.39, 0.29) is 4.90 Å². The van der Waals surface area contributed by atoms with Crippen LogP contribution in [-0.4, -0.2) is 30.2 Å². The predicted molar refractivity (Wildman–Crippen MR) is 89.2 cm³/mol. The summed E-state index contributed by atoms with van der Waals surface area (Å²) in [7, 11) is -3.67. The van der Waals surface area contributed by atoms with Gasteiger partial charge in [-0.05, 0) is 36.4 Å². The number of aromatic nitrogens is 2. The van der Waals surface area contributed by atoms with Gasteiger partial charge in [-0.3, -0.25) is 4.40 Å². The van der Waals surface area contributed by atoms with Crippen molar-refractivity contribution in [3.05, 3.63) is 54.9 Å². The summed E-state index contributed by atoms with van der Waals surface area (Å²) in [6, 6.07) is 12.0. The van der Waals surface area contributed by atoms with Gasteiger partial charge in [-0.2, -0.15) is 0 Å². The molecule has 120 valence electrons. The zero-order valence-electron chi connectivity index (χ0n) is 12.1. The Labute approximate surface area is 138 Å². The molecule has 1 aromatic carbocycles. The minimum absolute atomic E-state index is 0.0723. The Kier molecular flexibility index (Phi) is 4.56. The van der Waals surface area contributed by atoms with Crippen molar-refractivity contribution in [3.8, 4) is 5.75 Å². The third kappa shape index (κ3) is 3.84. The van der Waals surface area contributed by atoms with E-state index in [0.29, 0.717) is 12.4 Å². The molecule has 0 aliphatic carbocycles. The predicted octanol–water partition coefficient (Wildman–Crippen LogP) is 2.15. The smallest absolute Gasteiger partial charge is 0.238 e. The van der Waals surface area contributed by atoms with E-state index in [1.165, 1.54) is 12.1 Å². The summed E-state index contributed by atoms with van der Waals surface area (Å²) >= 11 is 1.59. The normalized spacial score (nSPS) is 11.7.